The molecule has 1 heterocycles. The van der Waals surface area contributed by atoms with Crippen molar-refractivity contribution < 1.29 is 4.74 Å². The molecule has 3 rings (SSSR count). The largest absolute Gasteiger partial charge is 0.495 e. The van der Waals surface area contributed by atoms with E-state index in [1.165, 1.54) is 0 Å². The molecule has 2 aromatic carbocycles. The summed E-state index contributed by atoms with van der Waals surface area (Å²) in [5, 5.41) is 1.59. The standard InChI is InChI=1S/C14H9Cl3N2O/c1-20-12-3-2-7(4-9(12)16)14-18-11-6-8(15)5-10(17)13(11)19-14/h2-6H,1H3,(H,18,19). The molecule has 0 spiro atoms. The monoisotopic (exact) mass is 326 g/mol. The van der Waals surface area contributed by atoms with Crippen molar-refractivity contribution >= 4 is 45.8 Å². The minimum Gasteiger partial charge on any atom is -0.495 e. The number of nitrogens with zero attached hydrogens (tertiary/aromatic N) is 1. The Morgan fingerprint density at radius 3 is 2.55 bits per heavy atom. The van der Waals surface area contributed by atoms with Crippen molar-refractivity contribution in [1.29, 1.82) is 0 Å². The topological polar surface area (TPSA) is 37.9 Å². The highest BCUT2D eigenvalue weighted by atomic mass is 35.5. The lowest BCUT2D eigenvalue weighted by Gasteiger charge is -2.03. The molecule has 3 aromatic rings. The molecule has 6 heteroatoms. The normalized spacial score (nSPS) is 11.0. The van der Waals surface area contributed by atoms with E-state index in [4.69, 9.17) is 39.5 Å². The Bertz CT molecular complexity index is 798. The van der Waals surface area contributed by atoms with Crippen LogP contribution < -0.4 is 4.74 Å². The van der Waals surface area contributed by atoms with E-state index in [1.54, 1.807) is 31.4 Å². The second kappa shape index (κ2) is 5.17. The van der Waals surface area contributed by atoms with Crippen LogP contribution in [0.4, 0.5) is 0 Å². The smallest absolute Gasteiger partial charge is 0.138 e. The first-order valence-corrected chi connectivity index (χ1v) is 6.90. The molecule has 0 saturated carbocycles. The summed E-state index contributed by atoms with van der Waals surface area (Å²) in [5.41, 5.74) is 2.31. The lowest BCUT2D eigenvalue weighted by Crippen LogP contribution is -1.86. The van der Waals surface area contributed by atoms with E-state index in [-0.39, 0.29) is 0 Å². The Morgan fingerprint density at radius 2 is 1.85 bits per heavy atom. The van der Waals surface area contributed by atoms with Crippen molar-refractivity contribution in [3.63, 3.8) is 0 Å². The second-order valence-corrected chi connectivity index (χ2v) is 5.47. The molecule has 1 aromatic heterocycles. The molecule has 3 nitrogen and oxygen atoms in total. The number of ether oxygens (including phenoxy) is 1. The summed E-state index contributed by atoms with van der Waals surface area (Å²) in [6, 6.07) is 8.90. The highest BCUT2D eigenvalue weighted by Crippen LogP contribution is 2.32. The van der Waals surface area contributed by atoms with Crippen molar-refractivity contribution in [1.82, 2.24) is 9.97 Å². The molecule has 0 saturated heterocycles. The van der Waals surface area contributed by atoms with Crippen molar-refractivity contribution in [2.45, 2.75) is 0 Å². The first-order chi connectivity index (χ1) is 9.58. The predicted molar refractivity (Wildman–Crippen MR) is 83.1 cm³/mol. The van der Waals surface area contributed by atoms with Crippen LogP contribution in [0.3, 0.4) is 0 Å². The fraction of sp³-hybridized carbons (Fsp3) is 0.0714. The van der Waals surface area contributed by atoms with E-state index in [0.29, 0.717) is 32.2 Å². The van der Waals surface area contributed by atoms with Gasteiger partial charge in [-0.05, 0) is 30.3 Å². The highest BCUT2D eigenvalue weighted by molar-refractivity contribution is 6.38. The van der Waals surface area contributed by atoms with Crippen molar-refractivity contribution in [3.05, 3.63) is 45.4 Å². The molecular weight excluding hydrogens is 319 g/mol. The number of hydrogen-bond acceptors (Lipinski definition) is 2. The van der Waals surface area contributed by atoms with Gasteiger partial charge in [0.25, 0.3) is 0 Å². The minimum absolute atomic E-state index is 0.509. The Hall–Kier alpha value is -1.42. The molecule has 20 heavy (non-hydrogen) atoms. The van der Waals surface area contributed by atoms with Crippen LogP contribution in [0.1, 0.15) is 0 Å². The van der Waals surface area contributed by atoms with E-state index in [9.17, 15) is 0 Å². The van der Waals surface area contributed by atoms with Gasteiger partial charge in [0.2, 0.25) is 0 Å². The first-order valence-electron chi connectivity index (χ1n) is 5.77. The summed E-state index contributed by atoms with van der Waals surface area (Å²) in [4.78, 5) is 7.65. The molecule has 0 aliphatic rings. The number of rotatable bonds is 2. The number of aromatic nitrogens is 2. The van der Waals surface area contributed by atoms with E-state index in [1.807, 2.05) is 6.07 Å². The third-order valence-electron chi connectivity index (χ3n) is 2.93. The third-order valence-corrected chi connectivity index (χ3v) is 3.73. The van der Waals surface area contributed by atoms with Gasteiger partial charge in [-0.2, -0.15) is 0 Å². The average molecular weight is 328 g/mol. The zero-order chi connectivity index (χ0) is 14.3. The van der Waals surface area contributed by atoms with E-state index >= 15 is 0 Å². The number of fused-ring (bicyclic) bond motifs is 1. The van der Waals surface area contributed by atoms with Gasteiger partial charge in [-0.1, -0.05) is 34.8 Å². The Morgan fingerprint density at radius 1 is 1.05 bits per heavy atom. The molecule has 0 radical (unpaired) electrons. The Labute approximate surface area is 130 Å². The number of aromatic amines is 1. The van der Waals surface area contributed by atoms with E-state index in [0.717, 1.165) is 11.1 Å². The molecule has 0 aliphatic heterocycles. The number of halogens is 3. The fourth-order valence-electron chi connectivity index (χ4n) is 1.99. The van der Waals surface area contributed by atoms with Crippen LogP contribution in [-0.2, 0) is 0 Å². The maximum atomic E-state index is 6.13. The highest BCUT2D eigenvalue weighted by Gasteiger charge is 2.11. The van der Waals surface area contributed by atoms with Crippen LogP contribution in [-0.4, -0.2) is 17.1 Å². The Balaban J connectivity index is 2.15. The van der Waals surface area contributed by atoms with Crippen LogP contribution in [0.15, 0.2) is 30.3 Å². The SMILES string of the molecule is COc1ccc(-c2nc3c(Cl)cc(Cl)cc3[nH]2)cc1Cl. The minimum atomic E-state index is 0.509. The van der Waals surface area contributed by atoms with Gasteiger partial charge in [-0.15, -0.1) is 0 Å². The molecule has 1 N–H and O–H groups in total. The summed E-state index contributed by atoms with van der Waals surface area (Å²) in [6.45, 7) is 0. The Kier molecular flexibility index (Phi) is 3.50. The number of hydrogen-bond donors (Lipinski definition) is 1. The van der Waals surface area contributed by atoms with E-state index in [2.05, 4.69) is 9.97 Å². The molecule has 0 atom stereocenters. The van der Waals surface area contributed by atoms with Gasteiger partial charge in [0.05, 0.1) is 22.7 Å². The van der Waals surface area contributed by atoms with Gasteiger partial charge >= 0.3 is 0 Å². The lowest BCUT2D eigenvalue weighted by atomic mass is 10.2. The summed E-state index contributed by atoms with van der Waals surface area (Å²) in [5.74, 6) is 1.29. The fourth-order valence-corrected chi connectivity index (χ4v) is 2.79. The zero-order valence-corrected chi connectivity index (χ0v) is 12.6. The molecule has 0 unspecified atom stereocenters. The van der Waals surface area contributed by atoms with Gasteiger partial charge in [0.15, 0.2) is 0 Å². The van der Waals surface area contributed by atoms with Gasteiger partial charge in [-0.25, -0.2) is 4.98 Å². The molecule has 0 amide bonds. The van der Waals surface area contributed by atoms with E-state index < -0.39 is 0 Å². The summed E-state index contributed by atoms with van der Waals surface area (Å²) in [7, 11) is 1.57. The summed E-state index contributed by atoms with van der Waals surface area (Å²) >= 11 is 18.2. The van der Waals surface area contributed by atoms with Crippen LogP contribution >= 0.6 is 34.8 Å². The number of benzene rings is 2. The number of methoxy groups -OCH3 is 1. The number of nitrogens with one attached hydrogen (secondary N) is 1. The van der Waals surface area contributed by atoms with Crippen molar-refractivity contribution in [2.24, 2.45) is 0 Å². The first kappa shape index (κ1) is 13.6. The maximum absolute atomic E-state index is 6.13. The zero-order valence-electron chi connectivity index (χ0n) is 10.4. The van der Waals surface area contributed by atoms with Crippen LogP contribution in [0, 0.1) is 0 Å². The second-order valence-electron chi connectivity index (χ2n) is 4.22. The molecular formula is C14H9Cl3N2O. The number of imidazole rings is 1. The van der Waals surface area contributed by atoms with Crippen molar-refractivity contribution in [3.8, 4) is 17.1 Å². The molecule has 0 fully saturated rings. The van der Waals surface area contributed by atoms with Crippen LogP contribution in [0.5, 0.6) is 5.75 Å². The quantitative estimate of drug-likeness (QED) is 0.702. The van der Waals surface area contributed by atoms with Crippen LogP contribution in [0.2, 0.25) is 15.1 Å². The van der Waals surface area contributed by atoms with Gasteiger partial charge in [-0.3, -0.25) is 0 Å². The van der Waals surface area contributed by atoms with Gasteiger partial charge < -0.3 is 9.72 Å². The average Bonchev–Trinajstić information content (AvgIpc) is 2.82. The molecule has 0 bridgehead atoms. The van der Waals surface area contributed by atoms with Gasteiger partial charge in [0, 0.05) is 10.6 Å². The maximum Gasteiger partial charge on any atom is 0.138 e. The van der Waals surface area contributed by atoms with Gasteiger partial charge in [0.1, 0.15) is 17.1 Å². The third kappa shape index (κ3) is 2.33. The summed E-state index contributed by atoms with van der Waals surface area (Å²) in [6.07, 6.45) is 0. The van der Waals surface area contributed by atoms with Crippen LogP contribution in [0.25, 0.3) is 22.4 Å². The molecule has 102 valence electrons. The molecule has 0 aliphatic carbocycles. The lowest BCUT2D eigenvalue weighted by molar-refractivity contribution is 0.415. The predicted octanol–water partition coefficient (Wildman–Crippen LogP) is 5.20. The summed E-state index contributed by atoms with van der Waals surface area (Å²) < 4.78 is 5.13. The number of H-pyrrole nitrogens is 1. The van der Waals surface area contributed by atoms with Crippen molar-refractivity contribution in [2.75, 3.05) is 7.11 Å².